The highest BCUT2D eigenvalue weighted by atomic mass is 31.2. The van der Waals surface area contributed by atoms with Crippen molar-refractivity contribution in [3.8, 4) is 0 Å². The van der Waals surface area contributed by atoms with E-state index in [0.29, 0.717) is 30.3 Å². The Morgan fingerprint density at radius 2 is 1.09 bits per heavy atom. The Kier molecular flexibility index (Phi) is 35.6. The molecular weight excluding hydrogens is 741 g/mol. The fourth-order valence-corrected chi connectivity index (χ4v) is 5.75. The highest BCUT2D eigenvalue weighted by Crippen LogP contribution is 2.38. The first kappa shape index (κ1) is 54.2. The number of ether oxygens (including phenoxy) is 2. The Bertz CT molecular complexity index is 1260. The van der Waals surface area contributed by atoms with Gasteiger partial charge in [0, 0.05) is 12.8 Å². The zero-order chi connectivity index (χ0) is 42.3. The first-order valence-electron chi connectivity index (χ1n) is 21.3. The molecule has 57 heavy (non-hydrogen) atoms. The smallest absolute Gasteiger partial charge is 0.306 e. The predicted molar refractivity (Wildman–Crippen MR) is 232 cm³/mol. The van der Waals surface area contributed by atoms with Gasteiger partial charge in [0.2, 0.25) is 0 Å². The van der Waals surface area contributed by atoms with Crippen LogP contribution in [-0.2, 0) is 32.7 Å². The number of rotatable bonds is 37. The average molecular weight is 820 g/mol. The van der Waals surface area contributed by atoms with Crippen molar-refractivity contribution < 1.29 is 47.2 Å². The maximum Gasteiger partial charge on any atom is 0.306 e. The molecule has 0 aromatic rings. The van der Waals surface area contributed by atoms with Crippen LogP contribution >= 0.6 is 7.82 Å². The third-order valence-electron chi connectivity index (χ3n) is 8.41. The first-order valence-corrected chi connectivity index (χ1v) is 22.8. The van der Waals surface area contributed by atoms with Crippen molar-refractivity contribution in [3.63, 3.8) is 0 Å². The number of quaternary nitrogens is 1. The van der Waals surface area contributed by atoms with Gasteiger partial charge in [-0.15, -0.1) is 0 Å². The molecule has 326 valence electrons. The van der Waals surface area contributed by atoms with Gasteiger partial charge in [0.05, 0.1) is 33.9 Å². The quantitative estimate of drug-likeness (QED) is 0.0214. The van der Waals surface area contributed by atoms with Crippen LogP contribution in [0.4, 0.5) is 0 Å². The minimum absolute atomic E-state index is 0.0567. The molecule has 0 aliphatic carbocycles. The van der Waals surface area contributed by atoms with E-state index in [4.69, 9.17) is 18.5 Å². The molecule has 0 amide bonds. The lowest BCUT2D eigenvalue weighted by molar-refractivity contribution is -0.870. The molecule has 0 saturated carbocycles. The van der Waals surface area contributed by atoms with Crippen LogP contribution in [-0.4, -0.2) is 81.2 Å². The minimum Gasteiger partial charge on any atom is -0.756 e. The van der Waals surface area contributed by atoms with Crippen LogP contribution in [0.15, 0.2) is 85.1 Å². The summed E-state index contributed by atoms with van der Waals surface area (Å²) >= 11 is 0. The monoisotopic (exact) mass is 820 g/mol. The van der Waals surface area contributed by atoms with Crippen molar-refractivity contribution in [1.29, 1.82) is 0 Å². The van der Waals surface area contributed by atoms with Crippen molar-refractivity contribution >= 4 is 19.8 Å². The van der Waals surface area contributed by atoms with E-state index >= 15 is 0 Å². The number of esters is 2. The van der Waals surface area contributed by atoms with Crippen LogP contribution in [0.5, 0.6) is 0 Å². The summed E-state index contributed by atoms with van der Waals surface area (Å²) in [5.74, 6) is -0.972. The van der Waals surface area contributed by atoms with Crippen molar-refractivity contribution in [2.75, 3.05) is 47.5 Å². The molecule has 10 nitrogen and oxygen atoms in total. The highest BCUT2D eigenvalue weighted by molar-refractivity contribution is 7.45. The fraction of sp³-hybridized carbons (Fsp3) is 0.652. The van der Waals surface area contributed by atoms with E-state index in [1.54, 1.807) is 0 Å². The van der Waals surface area contributed by atoms with Crippen LogP contribution in [0.1, 0.15) is 136 Å². The number of phosphoric acid groups is 1. The molecule has 0 aliphatic heterocycles. The number of hydrogen-bond donors (Lipinski definition) is 1. The highest BCUT2D eigenvalue weighted by Gasteiger charge is 2.21. The van der Waals surface area contributed by atoms with Gasteiger partial charge >= 0.3 is 11.9 Å². The number of likely N-dealkylation sites (N-methyl/N-ethyl adjacent to an activating group) is 1. The van der Waals surface area contributed by atoms with E-state index in [9.17, 15) is 24.2 Å². The molecule has 0 aromatic carbocycles. The maximum atomic E-state index is 12.6. The standard InChI is InChI=1S/C46H78NO9P/c1-6-7-8-9-10-11-12-13-15-20-23-26-29-32-35-38-46(50)56-44(42-55-57(51,52)54-40-39-47(3,4)5)41-53-45(49)37-34-31-28-25-22-19-17-14-16-18-21-24-27-30-33-36-43(2)48/h10-11,13,15-19,23-28,43-44,48H,6-9,12,14,20-22,29-42H2,1-5H3/b11-10-,15-13-,18-16-,19-17-,26-23-,27-24-,28-25-/t43-,44-/m1/s1. The van der Waals surface area contributed by atoms with Crippen LogP contribution in [0.2, 0.25) is 0 Å². The van der Waals surface area contributed by atoms with Gasteiger partial charge in [-0.1, -0.05) is 105 Å². The van der Waals surface area contributed by atoms with Crippen molar-refractivity contribution in [2.45, 2.75) is 148 Å². The average Bonchev–Trinajstić information content (AvgIpc) is 3.14. The third-order valence-corrected chi connectivity index (χ3v) is 9.37. The molecule has 0 saturated heterocycles. The molecule has 0 fully saturated rings. The van der Waals surface area contributed by atoms with Gasteiger partial charge in [0.15, 0.2) is 6.10 Å². The summed E-state index contributed by atoms with van der Waals surface area (Å²) in [6.07, 6.45) is 44.7. The van der Waals surface area contributed by atoms with Gasteiger partial charge in [0.1, 0.15) is 19.8 Å². The third kappa shape index (κ3) is 42.6. The summed E-state index contributed by atoms with van der Waals surface area (Å²) in [5, 5.41) is 9.27. The number of aliphatic hydroxyl groups is 1. The van der Waals surface area contributed by atoms with Crippen LogP contribution < -0.4 is 4.89 Å². The molecular formula is C46H78NO9P. The van der Waals surface area contributed by atoms with Gasteiger partial charge in [0.25, 0.3) is 7.82 Å². The maximum absolute atomic E-state index is 12.6. The van der Waals surface area contributed by atoms with Crippen LogP contribution in [0.25, 0.3) is 0 Å². The SMILES string of the molecule is CCCCC/C=C\C/C=C\C/C=C\CCCCC(=O)O[C@H](COC(=O)CCC/C=C\C/C=C\C/C=C\C/C=C\CCC[C@@H](C)O)COP(=O)([O-])OCC[N+](C)(C)C. The molecule has 0 aliphatic rings. The number of hydrogen-bond acceptors (Lipinski definition) is 9. The topological polar surface area (TPSA) is 131 Å². The van der Waals surface area contributed by atoms with Crippen LogP contribution in [0.3, 0.4) is 0 Å². The number of carbonyl (C=O) groups is 2. The lowest BCUT2D eigenvalue weighted by Gasteiger charge is -2.28. The Morgan fingerprint density at radius 3 is 1.58 bits per heavy atom. The van der Waals surface area contributed by atoms with E-state index in [2.05, 4.69) is 85.9 Å². The lowest BCUT2D eigenvalue weighted by atomic mass is 10.1. The van der Waals surface area contributed by atoms with E-state index in [-0.39, 0.29) is 32.2 Å². The van der Waals surface area contributed by atoms with Gasteiger partial charge in [-0.3, -0.25) is 14.2 Å². The molecule has 0 rings (SSSR count). The molecule has 3 atom stereocenters. The van der Waals surface area contributed by atoms with E-state index in [0.717, 1.165) is 70.6 Å². The van der Waals surface area contributed by atoms with Gasteiger partial charge in [-0.05, 0) is 103 Å². The molecule has 1 unspecified atom stereocenters. The molecule has 0 bridgehead atoms. The number of unbranched alkanes of at least 4 members (excludes halogenated alkanes) is 7. The largest absolute Gasteiger partial charge is 0.756 e. The van der Waals surface area contributed by atoms with E-state index < -0.39 is 32.5 Å². The normalized spacial score (nSPS) is 15.0. The molecule has 1 N–H and O–H groups in total. The summed E-state index contributed by atoms with van der Waals surface area (Å²) in [5.41, 5.74) is 0. The Hall–Kier alpha value is -2.85. The molecule has 11 heteroatoms. The van der Waals surface area contributed by atoms with Crippen molar-refractivity contribution in [2.24, 2.45) is 0 Å². The van der Waals surface area contributed by atoms with E-state index in [1.807, 2.05) is 34.1 Å². The van der Waals surface area contributed by atoms with Crippen molar-refractivity contribution in [3.05, 3.63) is 85.1 Å². The molecule has 0 aromatic heterocycles. The zero-order valence-corrected chi connectivity index (χ0v) is 37.0. The predicted octanol–water partition coefficient (Wildman–Crippen LogP) is 10.4. The minimum atomic E-state index is -4.66. The summed E-state index contributed by atoms with van der Waals surface area (Å²) in [7, 11) is 1.08. The Balaban J connectivity index is 4.56. The van der Waals surface area contributed by atoms with E-state index in [1.165, 1.54) is 19.3 Å². The second kappa shape index (κ2) is 37.4. The van der Waals surface area contributed by atoms with Crippen LogP contribution in [0, 0.1) is 0 Å². The number of allylic oxidation sites excluding steroid dienone is 14. The second-order valence-corrected chi connectivity index (χ2v) is 16.7. The molecule has 0 heterocycles. The van der Waals surface area contributed by atoms with Gasteiger partial charge in [-0.25, -0.2) is 0 Å². The van der Waals surface area contributed by atoms with Crippen molar-refractivity contribution in [1.82, 2.24) is 0 Å². The number of carbonyl (C=O) groups excluding carboxylic acids is 2. The zero-order valence-electron chi connectivity index (χ0n) is 36.1. The summed E-state index contributed by atoms with van der Waals surface area (Å²) < 4.78 is 33.7. The number of phosphoric ester groups is 1. The number of aliphatic hydroxyl groups excluding tert-OH is 1. The van der Waals surface area contributed by atoms with Gasteiger partial charge in [-0.2, -0.15) is 0 Å². The molecule has 0 radical (unpaired) electrons. The Labute approximate surface area is 346 Å². The summed E-state index contributed by atoms with van der Waals surface area (Å²) in [6, 6.07) is 0. The lowest BCUT2D eigenvalue weighted by Crippen LogP contribution is -2.37. The van der Waals surface area contributed by atoms with Gasteiger partial charge < -0.3 is 33.0 Å². The second-order valence-electron chi connectivity index (χ2n) is 15.3. The fourth-order valence-electron chi connectivity index (χ4n) is 5.02. The summed E-state index contributed by atoms with van der Waals surface area (Å²) in [6.45, 7) is 3.60. The molecule has 0 spiro atoms. The first-order chi connectivity index (χ1) is 27.3. The Morgan fingerprint density at radius 1 is 0.632 bits per heavy atom. The number of nitrogens with zero attached hydrogens (tertiary/aromatic N) is 1. The summed E-state index contributed by atoms with van der Waals surface area (Å²) in [4.78, 5) is 37.5.